The summed E-state index contributed by atoms with van der Waals surface area (Å²) in [4.78, 5) is 12.1. The lowest BCUT2D eigenvalue weighted by Gasteiger charge is -2.06. The molecule has 3 N–H and O–H groups in total. The van der Waals surface area contributed by atoms with E-state index in [9.17, 15) is 9.18 Å². The second kappa shape index (κ2) is 7.58. The first-order valence-electron chi connectivity index (χ1n) is 7.83. The molecular weight excluding hydrogens is 399 g/mol. The van der Waals surface area contributed by atoms with Crippen LogP contribution in [0.5, 0.6) is 0 Å². The van der Waals surface area contributed by atoms with Crippen LogP contribution in [0.2, 0.25) is 0 Å². The fourth-order valence-corrected chi connectivity index (χ4v) is 2.77. The van der Waals surface area contributed by atoms with Crippen molar-refractivity contribution < 1.29 is 13.6 Å². The zero-order valence-electron chi connectivity index (χ0n) is 13.9. The van der Waals surface area contributed by atoms with E-state index in [0.29, 0.717) is 32.9 Å². The molecule has 1 heterocycles. The van der Waals surface area contributed by atoms with Crippen molar-refractivity contribution in [1.82, 2.24) is 0 Å². The monoisotopic (exact) mass is 414 g/mol. The SMILES string of the molecule is Cc1cc(N)ccc1NC(=O)/C=C/c1ccc(-c2ccc(Br)cc2F)o1. The Hall–Kier alpha value is -2.86. The van der Waals surface area contributed by atoms with Crippen LogP contribution in [0.25, 0.3) is 17.4 Å². The van der Waals surface area contributed by atoms with Crippen molar-refractivity contribution in [3.8, 4) is 11.3 Å². The van der Waals surface area contributed by atoms with Crippen molar-refractivity contribution in [3.63, 3.8) is 0 Å². The number of benzene rings is 2. The molecule has 3 rings (SSSR count). The zero-order valence-corrected chi connectivity index (χ0v) is 15.5. The number of hydrogen-bond donors (Lipinski definition) is 2. The molecule has 0 aliphatic rings. The highest BCUT2D eigenvalue weighted by molar-refractivity contribution is 9.10. The quantitative estimate of drug-likeness (QED) is 0.444. The van der Waals surface area contributed by atoms with Crippen molar-refractivity contribution in [1.29, 1.82) is 0 Å². The fraction of sp³-hybridized carbons (Fsp3) is 0.0500. The lowest BCUT2D eigenvalue weighted by molar-refractivity contribution is -0.111. The molecule has 0 unspecified atom stereocenters. The van der Waals surface area contributed by atoms with Gasteiger partial charge in [-0.1, -0.05) is 15.9 Å². The van der Waals surface area contributed by atoms with Gasteiger partial charge in [-0.05, 0) is 67.1 Å². The summed E-state index contributed by atoms with van der Waals surface area (Å²) in [7, 11) is 0. The van der Waals surface area contributed by atoms with Gasteiger partial charge in [0.05, 0.1) is 5.56 Å². The van der Waals surface area contributed by atoms with Gasteiger partial charge in [0.15, 0.2) is 0 Å². The third-order valence-electron chi connectivity index (χ3n) is 3.73. The summed E-state index contributed by atoms with van der Waals surface area (Å²) in [5.41, 5.74) is 8.25. The van der Waals surface area contributed by atoms with Gasteiger partial charge in [-0.15, -0.1) is 0 Å². The molecule has 1 aromatic heterocycles. The van der Waals surface area contributed by atoms with Gasteiger partial charge in [0.25, 0.3) is 0 Å². The molecule has 0 radical (unpaired) electrons. The minimum absolute atomic E-state index is 0.300. The van der Waals surface area contributed by atoms with Crippen molar-refractivity contribution in [3.05, 3.63) is 76.2 Å². The molecule has 0 saturated heterocycles. The molecule has 4 nitrogen and oxygen atoms in total. The van der Waals surface area contributed by atoms with Crippen LogP contribution in [-0.4, -0.2) is 5.91 Å². The number of carbonyl (C=O) groups excluding carboxylic acids is 1. The van der Waals surface area contributed by atoms with Gasteiger partial charge < -0.3 is 15.5 Å². The zero-order chi connectivity index (χ0) is 18.7. The molecule has 0 atom stereocenters. The summed E-state index contributed by atoms with van der Waals surface area (Å²) in [5, 5.41) is 2.77. The Morgan fingerprint density at radius 1 is 1.19 bits per heavy atom. The van der Waals surface area contributed by atoms with E-state index < -0.39 is 0 Å². The molecule has 0 aliphatic heterocycles. The van der Waals surface area contributed by atoms with Crippen LogP contribution in [0, 0.1) is 12.7 Å². The molecule has 0 fully saturated rings. The average molecular weight is 415 g/mol. The van der Waals surface area contributed by atoms with Crippen LogP contribution in [0.4, 0.5) is 15.8 Å². The predicted molar refractivity (Wildman–Crippen MR) is 105 cm³/mol. The van der Waals surface area contributed by atoms with Gasteiger partial charge >= 0.3 is 0 Å². The van der Waals surface area contributed by atoms with E-state index in [1.165, 1.54) is 18.2 Å². The molecule has 0 bridgehead atoms. The fourth-order valence-electron chi connectivity index (χ4n) is 2.44. The van der Waals surface area contributed by atoms with Crippen LogP contribution in [0.1, 0.15) is 11.3 Å². The lowest BCUT2D eigenvalue weighted by atomic mass is 10.1. The maximum atomic E-state index is 14.0. The van der Waals surface area contributed by atoms with E-state index in [1.54, 1.807) is 42.5 Å². The highest BCUT2D eigenvalue weighted by Gasteiger charge is 2.09. The number of halogens is 2. The number of aryl methyl sites for hydroxylation is 1. The Morgan fingerprint density at radius 2 is 2.00 bits per heavy atom. The Labute approximate surface area is 158 Å². The molecule has 1 amide bonds. The number of rotatable bonds is 4. The van der Waals surface area contributed by atoms with Crippen LogP contribution in [0.3, 0.4) is 0 Å². The third-order valence-corrected chi connectivity index (χ3v) is 4.22. The van der Waals surface area contributed by atoms with E-state index in [2.05, 4.69) is 21.2 Å². The smallest absolute Gasteiger partial charge is 0.248 e. The minimum atomic E-state index is -0.388. The number of nitrogen functional groups attached to an aromatic ring is 1. The first-order chi connectivity index (χ1) is 12.4. The number of amides is 1. The molecule has 0 aliphatic carbocycles. The van der Waals surface area contributed by atoms with Gasteiger partial charge in [0, 0.05) is 21.9 Å². The summed E-state index contributed by atoms with van der Waals surface area (Å²) in [6, 6.07) is 13.3. The van der Waals surface area contributed by atoms with Crippen LogP contribution < -0.4 is 11.1 Å². The topological polar surface area (TPSA) is 68.3 Å². The number of anilines is 2. The number of hydrogen-bond acceptors (Lipinski definition) is 3. The summed E-state index contributed by atoms with van der Waals surface area (Å²) in [5.74, 6) is 0.155. The van der Waals surface area contributed by atoms with Crippen LogP contribution in [0.15, 0.2) is 63.5 Å². The maximum Gasteiger partial charge on any atom is 0.248 e. The van der Waals surface area contributed by atoms with Gasteiger partial charge in [0.1, 0.15) is 17.3 Å². The second-order valence-electron chi connectivity index (χ2n) is 5.72. The van der Waals surface area contributed by atoms with E-state index >= 15 is 0 Å². The number of nitrogens with two attached hydrogens (primary N) is 1. The summed E-state index contributed by atoms with van der Waals surface area (Å²) < 4.78 is 20.2. The summed E-state index contributed by atoms with van der Waals surface area (Å²) in [6.07, 6.45) is 2.89. The first kappa shape index (κ1) is 17.9. The van der Waals surface area contributed by atoms with Crippen molar-refractivity contribution >= 4 is 39.3 Å². The minimum Gasteiger partial charge on any atom is -0.457 e. The molecule has 0 saturated carbocycles. The van der Waals surface area contributed by atoms with Gasteiger partial charge in [-0.25, -0.2) is 4.39 Å². The van der Waals surface area contributed by atoms with Crippen molar-refractivity contribution in [2.45, 2.75) is 6.92 Å². The van der Waals surface area contributed by atoms with Crippen molar-refractivity contribution in [2.75, 3.05) is 11.1 Å². The van der Waals surface area contributed by atoms with E-state index in [-0.39, 0.29) is 11.7 Å². The second-order valence-corrected chi connectivity index (χ2v) is 6.64. The van der Waals surface area contributed by atoms with Crippen LogP contribution in [-0.2, 0) is 4.79 Å². The summed E-state index contributed by atoms with van der Waals surface area (Å²) >= 11 is 3.22. The lowest BCUT2D eigenvalue weighted by Crippen LogP contribution is -2.09. The number of nitrogens with one attached hydrogen (secondary N) is 1. The Balaban J connectivity index is 1.71. The van der Waals surface area contributed by atoms with E-state index in [0.717, 1.165) is 5.56 Å². The van der Waals surface area contributed by atoms with Gasteiger partial charge in [-0.2, -0.15) is 0 Å². The molecular formula is C20H16BrFN2O2. The van der Waals surface area contributed by atoms with Gasteiger partial charge in [-0.3, -0.25) is 4.79 Å². The highest BCUT2D eigenvalue weighted by atomic mass is 79.9. The maximum absolute atomic E-state index is 14.0. The Morgan fingerprint density at radius 3 is 2.73 bits per heavy atom. The normalized spacial score (nSPS) is 11.0. The standard InChI is InChI=1S/C20H16BrFN2O2/c1-12-10-14(23)3-7-18(12)24-20(25)9-5-15-4-8-19(26-15)16-6-2-13(21)11-17(16)22/h2-11H,23H2,1H3,(H,24,25)/b9-5+. The Bertz CT molecular complexity index is 995. The predicted octanol–water partition coefficient (Wildman–Crippen LogP) is 5.39. The van der Waals surface area contributed by atoms with E-state index in [1.807, 2.05) is 6.92 Å². The third kappa shape index (κ3) is 4.21. The highest BCUT2D eigenvalue weighted by Crippen LogP contribution is 2.27. The number of carbonyl (C=O) groups is 1. The molecule has 0 spiro atoms. The van der Waals surface area contributed by atoms with Crippen LogP contribution >= 0.6 is 15.9 Å². The van der Waals surface area contributed by atoms with E-state index in [4.69, 9.17) is 10.2 Å². The molecule has 26 heavy (non-hydrogen) atoms. The largest absolute Gasteiger partial charge is 0.457 e. The summed E-state index contributed by atoms with van der Waals surface area (Å²) in [6.45, 7) is 1.86. The molecule has 3 aromatic rings. The Kier molecular flexibility index (Phi) is 5.23. The van der Waals surface area contributed by atoms with Gasteiger partial charge in [0.2, 0.25) is 5.91 Å². The first-order valence-corrected chi connectivity index (χ1v) is 8.62. The average Bonchev–Trinajstić information content (AvgIpc) is 3.04. The van der Waals surface area contributed by atoms with Crippen molar-refractivity contribution in [2.24, 2.45) is 0 Å². The molecule has 132 valence electrons. The molecule has 2 aromatic carbocycles. The number of furan rings is 1. The molecule has 6 heteroatoms.